The molecule has 2 heterocycles. The van der Waals surface area contributed by atoms with Gasteiger partial charge in [-0.25, -0.2) is 0 Å². The van der Waals surface area contributed by atoms with E-state index in [2.05, 4.69) is 10.3 Å². The molecule has 2 rings (SSSR count). The maximum atomic E-state index is 11.9. The van der Waals surface area contributed by atoms with Gasteiger partial charge in [-0.15, -0.1) is 0 Å². The quantitative estimate of drug-likeness (QED) is 0.717. The maximum absolute atomic E-state index is 11.9. The van der Waals surface area contributed by atoms with E-state index in [1.807, 2.05) is 0 Å². The van der Waals surface area contributed by atoms with Gasteiger partial charge in [0.1, 0.15) is 0 Å². The van der Waals surface area contributed by atoms with Crippen LogP contribution in [0.5, 0.6) is 0 Å². The van der Waals surface area contributed by atoms with E-state index in [4.69, 9.17) is 0 Å². The van der Waals surface area contributed by atoms with Crippen molar-refractivity contribution in [2.24, 2.45) is 0 Å². The van der Waals surface area contributed by atoms with Crippen molar-refractivity contribution < 1.29 is 8.78 Å². The van der Waals surface area contributed by atoms with Crippen LogP contribution < -0.4 is 5.32 Å². The number of pyridine rings is 1. The molecular weight excluding hydrogens is 174 g/mol. The predicted molar refractivity (Wildman–Crippen MR) is 45.0 cm³/mol. The van der Waals surface area contributed by atoms with Crippen LogP contribution in [0, 0.1) is 0 Å². The van der Waals surface area contributed by atoms with Crippen molar-refractivity contribution in [2.75, 3.05) is 0 Å². The Morgan fingerprint density at radius 2 is 2.15 bits per heavy atom. The normalized spacial score (nSPS) is 14.0. The molecule has 0 atom stereocenters. The third-order valence-corrected chi connectivity index (χ3v) is 1.99. The van der Waals surface area contributed by atoms with E-state index < -0.39 is 6.08 Å². The van der Waals surface area contributed by atoms with Crippen LogP contribution in [0.1, 0.15) is 16.8 Å². The van der Waals surface area contributed by atoms with E-state index in [9.17, 15) is 8.78 Å². The number of hydrogen-bond donors (Lipinski definition) is 1. The fraction of sp³-hybridized carbons (Fsp3) is 0.222. The van der Waals surface area contributed by atoms with Gasteiger partial charge >= 0.3 is 0 Å². The van der Waals surface area contributed by atoms with Gasteiger partial charge in [-0.1, -0.05) is 0 Å². The molecule has 0 amide bonds. The van der Waals surface area contributed by atoms with Crippen LogP contribution in [0.25, 0.3) is 6.08 Å². The zero-order chi connectivity index (χ0) is 9.26. The molecule has 1 aromatic heterocycles. The van der Waals surface area contributed by atoms with Gasteiger partial charge in [-0.05, 0) is 17.2 Å². The summed E-state index contributed by atoms with van der Waals surface area (Å²) in [4.78, 5) is 3.89. The molecule has 1 N–H and O–H groups in total. The molecule has 0 unspecified atom stereocenters. The molecule has 4 heteroatoms. The summed E-state index contributed by atoms with van der Waals surface area (Å²) < 4.78 is 23.8. The first-order valence-corrected chi connectivity index (χ1v) is 3.97. The molecule has 0 bridgehead atoms. The summed E-state index contributed by atoms with van der Waals surface area (Å²) >= 11 is 0. The highest BCUT2D eigenvalue weighted by Gasteiger charge is 2.10. The molecular formula is C9H8F2N2. The summed E-state index contributed by atoms with van der Waals surface area (Å²) in [6.07, 6.45) is 0.710. The van der Waals surface area contributed by atoms with Crippen LogP contribution in [0.2, 0.25) is 0 Å². The lowest BCUT2D eigenvalue weighted by Gasteiger charge is -1.97. The topological polar surface area (TPSA) is 24.9 Å². The standard InChI is InChI=1S/C9H8F2N2/c10-9(11)2-8-1-6-3-12-4-7(6)5-13-8/h1-2,5,12H,3-4H2. The highest BCUT2D eigenvalue weighted by molar-refractivity contribution is 5.48. The Balaban J connectivity index is 2.36. The SMILES string of the molecule is FC(F)=Cc1cc2c(cn1)CNC2. The second-order valence-corrected chi connectivity index (χ2v) is 2.92. The van der Waals surface area contributed by atoms with Crippen LogP contribution >= 0.6 is 0 Å². The summed E-state index contributed by atoms with van der Waals surface area (Å²) in [5.41, 5.74) is 2.47. The number of hydrogen-bond acceptors (Lipinski definition) is 2. The molecule has 68 valence electrons. The summed E-state index contributed by atoms with van der Waals surface area (Å²) in [7, 11) is 0. The van der Waals surface area contributed by atoms with E-state index in [0.29, 0.717) is 5.69 Å². The van der Waals surface area contributed by atoms with Crippen LogP contribution in [0.3, 0.4) is 0 Å². The number of fused-ring (bicyclic) bond motifs is 1. The third kappa shape index (κ3) is 1.72. The van der Waals surface area contributed by atoms with Crippen LogP contribution in [-0.2, 0) is 13.1 Å². The first kappa shape index (κ1) is 8.31. The van der Waals surface area contributed by atoms with Crippen molar-refractivity contribution in [1.29, 1.82) is 0 Å². The highest BCUT2D eigenvalue weighted by Crippen LogP contribution is 2.16. The van der Waals surface area contributed by atoms with Crippen molar-refractivity contribution in [3.05, 3.63) is 35.2 Å². The lowest BCUT2D eigenvalue weighted by Crippen LogP contribution is -1.99. The van der Waals surface area contributed by atoms with Crippen LogP contribution in [0.4, 0.5) is 8.78 Å². The molecule has 0 saturated heterocycles. The second kappa shape index (κ2) is 3.22. The number of nitrogens with zero attached hydrogens (tertiary/aromatic N) is 1. The molecule has 2 nitrogen and oxygen atoms in total. The van der Waals surface area contributed by atoms with Crippen LogP contribution in [0.15, 0.2) is 18.3 Å². The van der Waals surface area contributed by atoms with Crippen molar-refractivity contribution in [3.8, 4) is 0 Å². The van der Waals surface area contributed by atoms with Gasteiger partial charge in [-0.2, -0.15) is 8.78 Å². The molecule has 0 saturated carbocycles. The van der Waals surface area contributed by atoms with Crippen molar-refractivity contribution in [1.82, 2.24) is 10.3 Å². The van der Waals surface area contributed by atoms with Gasteiger partial charge in [0.2, 0.25) is 0 Å². The zero-order valence-electron chi connectivity index (χ0n) is 6.85. The number of halogens is 2. The van der Waals surface area contributed by atoms with Crippen molar-refractivity contribution >= 4 is 6.08 Å². The monoisotopic (exact) mass is 182 g/mol. The van der Waals surface area contributed by atoms with Crippen molar-refractivity contribution in [2.45, 2.75) is 13.1 Å². The van der Waals surface area contributed by atoms with Gasteiger partial charge < -0.3 is 5.32 Å². The van der Waals surface area contributed by atoms with Crippen LogP contribution in [-0.4, -0.2) is 4.98 Å². The number of aromatic nitrogens is 1. The van der Waals surface area contributed by atoms with Gasteiger partial charge in [0.15, 0.2) is 0 Å². The first-order chi connectivity index (χ1) is 6.25. The minimum atomic E-state index is -1.71. The Morgan fingerprint density at radius 1 is 1.38 bits per heavy atom. The lowest BCUT2D eigenvalue weighted by atomic mass is 10.1. The largest absolute Gasteiger partial charge is 0.309 e. The molecule has 1 aliphatic rings. The number of rotatable bonds is 1. The first-order valence-electron chi connectivity index (χ1n) is 3.97. The Labute approximate surface area is 74.3 Å². The summed E-state index contributed by atoms with van der Waals surface area (Å²) in [5, 5.41) is 3.12. The van der Waals surface area contributed by atoms with E-state index in [0.717, 1.165) is 30.3 Å². The molecule has 0 fully saturated rings. The number of nitrogens with one attached hydrogen (secondary N) is 1. The molecule has 13 heavy (non-hydrogen) atoms. The van der Waals surface area contributed by atoms with Gasteiger partial charge in [0.25, 0.3) is 6.08 Å². The Kier molecular flexibility index (Phi) is 2.06. The summed E-state index contributed by atoms with van der Waals surface area (Å²) in [5.74, 6) is 0. The lowest BCUT2D eigenvalue weighted by molar-refractivity contribution is 0.429. The van der Waals surface area contributed by atoms with E-state index in [-0.39, 0.29) is 0 Å². The van der Waals surface area contributed by atoms with Gasteiger partial charge in [0, 0.05) is 25.4 Å². The second-order valence-electron chi connectivity index (χ2n) is 2.92. The molecule has 0 aromatic carbocycles. The van der Waals surface area contributed by atoms with Gasteiger partial charge in [0.05, 0.1) is 5.69 Å². The van der Waals surface area contributed by atoms with E-state index in [1.165, 1.54) is 0 Å². The average molecular weight is 182 g/mol. The molecule has 0 radical (unpaired) electrons. The molecule has 1 aliphatic heterocycles. The average Bonchev–Trinajstić information content (AvgIpc) is 2.49. The highest BCUT2D eigenvalue weighted by atomic mass is 19.3. The summed E-state index contributed by atoms with van der Waals surface area (Å²) in [6, 6.07) is 1.69. The Morgan fingerprint density at radius 3 is 2.92 bits per heavy atom. The third-order valence-electron chi connectivity index (χ3n) is 1.99. The fourth-order valence-electron chi connectivity index (χ4n) is 1.39. The van der Waals surface area contributed by atoms with E-state index in [1.54, 1.807) is 12.3 Å². The molecule has 0 aliphatic carbocycles. The minimum Gasteiger partial charge on any atom is -0.309 e. The molecule has 0 spiro atoms. The smallest absolute Gasteiger partial charge is 0.272 e. The summed E-state index contributed by atoms with van der Waals surface area (Å²) in [6.45, 7) is 1.52. The molecule has 1 aromatic rings. The van der Waals surface area contributed by atoms with E-state index >= 15 is 0 Å². The minimum absolute atomic E-state index is 0.322. The fourth-order valence-corrected chi connectivity index (χ4v) is 1.39. The van der Waals surface area contributed by atoms with Gasteiger partial charge in [-0.3, -0.25) is 4.98 Å². The van der Waals surface area contributed by atoms with Crippen molar-refractivity contribution in [3.63, 3.8) is 0 Å². The zero-order valence-corrected chi connectivity index (χ0v) is 6.85. The predicted octanol–water partition coefficient (Wildman–Crippen LogP) is 1.92. The maximum Gasteiger partial charge on any atom is 0.272 e. The Bertz CT molecular complexity index is 357. The Hall–Kier alpha value is -1.29.